The predicted octanol–water partition coefficient (Wildman–Crippen LogP) is 5.32. The molecule has 1 aromatic carbocycles. The molecule has 0 saturated heterocycles. The van der Waals surface area contributed by atoms with Crippen molar-refractivity contribution in [1.29, 1.82) is 0 Å². The van der Waals surface area contributed by atoms with Crippen molar-refractivity contribution in [2.45, 2.75) is 57.7 Å². The molecule has 7 heteroatoms. The van der Waals surface area contributed by atoms with Gasteiger partial charge in [0.25, 0.3) is 0 Å². The molecule has 1 aliphatic carbocycles. The van der Waals surface area contributed by atoms with Crippen molar-refractivity contribution >= 4 is 35.0 Å². The molecule has 3 rings (SSSR count). The van der Waals surface area contributed by atoms with Crippen molar-refractivity contribution in [1.82, 2.24) is 9.55 Å². The highest BCUT2D eigenvalue weighted by Gasteiger charge is 2.23. The number of benzene rings is 1. The second kappa shape index (κ2) is 8.57. The number of imidazole rings is 1. The Morgan fingerprint density at radius 3 is 2.70 bits per heavy atom. The molecule has 0 aliphatic heterocycles. The molecule has 0 atom stereocenters. The number of rotatable bonds is 6. The summed E-state index contributed by atoms with van der Waals surface area (Å²) in [5.74, 6) is 0.771. The van der Waals surface area contributed by atoms with Crippen LogP contribution in [-0.4, -0.2) is 28.3 Å². The molecule has 1 aliphatic rings. The van der Waals surface area contributed by atoms with E-state index in [0.29, 0.717) is 28.3 Å². The average molecular weight is 408 g/mol. The van der Waals surface area contributed by atoms with Crippen LogP contribution in [0.2, 0.25) is 5.02 Å². The third kappa shape index (κ3) is 4.43. The van der Waals surface area contributed by atoms with Gasteiger partial charge < -0.3 is 14.6 Å². The van der Waals surface area contributed by atoms with E-state index in [1.165, 1.54) is 43.1 Å². The van der Waals surface area contributed by atoms with E-state index in [1.54, 1.807) is 13.2 Å². The number of methoxy groups -OCH3 is 1. The first-order valence-electron chi connectivity index (χ1n) is 9.23. The van der Waals surface area contributed by atoms with E-state index in [1.807, 2.05) is 19.9 Å². The minimum absolute atomic E-state index is 0.0868. The van der Waals surface area contributed by atoms with Crippen LogP contribution in [0.25, 0.3) is 0 Å². The fraction of sp³-hybridized carbons (Fsp3) is 0.500. The molecule has 1 saturated carbocycles. The number of hydrogen-bond donors (Lipinski definition) is 1. The number of carbonyl (C=O) groups excluding carboxylic acids is 1. The molecule has 0 unspecified atom stereocenters. The Kier molecular flexibility index (Phi) is 6.37. The van der Waals surface area contributed by atoms with E-state index in [0.717, 1.165) is 16.4 Å². The molecular weight excluding hydrogens is 382 g/mol. The van der Waals surface area contributed by atoms with Gasteiger partial charge in [-0.2, -0.15) is 0 Å². The highest BCUT2D eigenvalue weighted by atomic mass is 35.5. The fourth-order valence-corrected chi connectivity index (χ4v) is 4.65. The molecule has 5 nitrogen and oxygen atoms in total. The van der Waals surface area contributed by atoms with Gasteiger partial charge in [-0.1, -0.05) is 36.2 Å². The maximum absolute atomic E-state index is 12.5. The lowest BCUT2D eigenvalue weighted by atomic mass is 10.2. The van der Waals surface area contributed by atoms with Gasteiger partial charge in [-0.15, -0.1) is 0 Å². The monoisotopic (exact) mass is 407 g/mol. The minimum Gasteiger partial charge on any atom is -0.495 e. The fourth-order valence-electron chi connectivity index (χ4n) is 3.54. The third-order valence-corrected chi connectivity index (χ3v) is 6.49. The Hall–Kier alpha value is -1.66. The lowest BCUT2D eigenvalue weighted by Gasteiger charge is -2.17. The lowest BCUT2D eigenvalue weighted by Crippen LogP contribution is -2.16. The third-order valence-electron chi connectivity index (χ3n) is 5.13. The Balaban J connectivity index is 1.70. The molecule has 1 heterocycles. The van der Waals surface area contributed by atoms with Gasteiger partial charge in [-0.05, 0) is 45.2 Å². The summed E-state index contributed by atoms with van der Waals surface area (Å²) < 4.78 is 7.65. The zero-order valence-electron chi connectivity index (χ0n) is 16.3. The quantitative estimate of drug-likeness (QED) is 0.658. The number of thioether (sulfide) groups is 1. The molecule has 1 amide bonds. The van der Waals surface area contributed by atoms with Crippen molar-refractivity contribution in [3.05, 3.63) is 34.1 Å². The number of anilines is 1. The first kappa shape index (κ1) is 20.1. The van der Waals surface area contributed by atoms with Crippen LogP contribution < -0.4 is 10.1 Å². The number of halogens is 1. The molecule has 2 aromatic rings. The first-order valence-corrected chi connectivity index (χ1v) is 10.6. The summed E-state index contributed by atoms with van der Waals surface area (Å²) in [6, 6.07) is 4.06. The van der Waals surface area contributed by atoms with E-state index in [4.69, 9.17) is 21.3 Å². The molecule has 0 bridgehead atoms. The van der Waals surface area contributed by atoms with Gasteiger partial charge in [-0.3, -0.25) is 4.79 Å². The highest BCUT2D eigenvalue weighted by Crippen LogP contribution is 2.35. The molecular formula is C20H26ClN3O2S. The second-order valence-corrected chi connectivity index (χ2v) is 8.36. The van der Waals surface area contributed by atoms with Crippen LogP contribution in [0.15, 0.2) is 17.3 Å². The maximum Gasteiger partial charge on any atom is 0.234 e. The van der Waals surface area contributed by atoms with E-state index in [2.05, 4.69) is 16.8 Å². The number of amides is 1. The largest absolute Gasteiger partial charge is 0.495 e. The Bertz CT molecular complexity index is 844. The Labute approximate surface area is 169 Å². The summed E-state index contributed by atoms with van der Waals surface area (Å²) in [4.78, 5) is 17.2. The van der Waals surface area contributed by atoms with Gasteiger partial charge in [0.05, 0.1) is 24.2 Å². The van der Waals surface area contributed by atoms with Crippen molar-refractivity contribution in [3.63, 3.8) is 0 Å². The number of aryl methyl sites for hydroxylation is 2. The van der Waals surface area contributed by atoms with Gasteiger partial charge in [0.1, 0.15) is 5.75 Å². The van der Waals surface area contributed by atoms with Crippen LogP contribution in [-0.2, 0) is 4.79 Å². The zero-order valence-corrected chi connectivity index (χ0v) is 17.8. The number of nitrogens with zero attached hydrogens (tertiary/aromatic N) is 2. The average Bonchev–Trinajstić information content (AvgIpc) is 3.25. The topological polar surface area (TPSA) is 56.1 Å². The first-order chi connectivity index (χ1) is 12.9. The number of nitrogens with one attached hydrogen (secondary N) is 1. The van der Waals surface area contributed by atoms with Crippen LogP contribution >= 0.6 is 23.4 Å². The van der Waals surface area contributed by atoms with E-state index < -0.39 is 0 Å². The van der Waals surface area contributed by atoms with Gasteiger partial charge in [0.2, 0.25) is 5.91 Å². The highest BCUT2D eigenvalue weighted by molar-refractivity contribution is 7.99. The summed E-state index contributed by atoms with van der Waals surface area (Å²) in [7, 11) is 1.56. The van der Waals surface area contributed by atoms with Crippen molar-refractivity contribution in [2.24, 2.45) is 0 Å². The smallest absolute Gasteiger partial charge is 0.234 e. The summed E-state index contributed by atoms with van der Waals surface area (Å²) >= 11 is 7.62. The molecule has 1 aromatic heterocycles. The van der Waals surface area contributed by atoms with Gasteiger partial charge in [0.15, 0.2) is 5.16 Å². The van der Waals surface area contributed by atoms with E-state index in [9.17, 15) is 4.79 Å². The second-order valence-electron chi connectivity index (χ2n) is 7.01. The summed E-state index contributed by atoms with van der Waals surface area (Å²) in [5, 5.41) is 4.48. The SMILES string of the molecule is COc1cc(Cl)c(C)cc1NC(=O)CSc1nc(C)c(C)n1C1CCCC1. The normalized spacial score (nSPS) is 14.6. The summed E-state index contributed by atoms with van der Waals surface area (Å²) in [6.45, 7) is 6.05. The van der Waals surface area contributed by atoms with E-state index in [-0.39, 0.29) is 5.91 Å². The number of ether oxygens (including phenoxy) is 1. The van der Waals surface area contributed by atoms with Crippen LogP contribution in [0.1, 0.15) is 48.7 Å². The molecule has 146 valence electrons. The standard InChI is InChI=1S/C20H26ClN3O2S/c1-12-9-17(18(26-4)10-16(12)21)23-19(25)11-27-20-22-13(2)14(3)24(20)15-7-5-6-8-15/h9-10,15H,5-8,11H2,1-4H3,(H,23,25). The number of hydrogen-bond acceptors (Lipinski definition) is 4. The predicted molar refractivity (Wildman–Crippen MR) is 111 cm³/mol. The molecule has 1 N–H and O–H groups in total. The molecule has 0 spiro atoms. The number of carbonyl (C=O) groups is 1. The van der Waals surface area contributed by atoms with Gasteiger partial charge in [0, 0.05) is 22.8 Å². The summed E-state index contributed by atoms with van der Waals surface area (Å²) in [6.07, 6.45) is 4.92. The Morgan fingerprint density at radius 1 is 1.33 bits per heavy atom. The zero-order chi connectivity index (χ0) is 19.6. The minimum atomic E-state index is -0.0868. The van der Waals surface area contributed by atoms with Crippen LogP contribution in [0.3, 0.4) is 0 Å². The molecule has 0 radical (unpaired) electrons. The van der Waals surface area contributed by atoms with Crippen LogP contribution in [0.5, 0.6) is 5.75 Å². The van der Waals surface area contributed by atoms with Crippen LogP contribution in [0, 0.1) is 20.8 Å². The van der Waals surface area contributed by atoms with E-state index >= 15 is 0 Å². The van der Waals surface area contributed by atoms with Gasteiger partial charge in [-0.25, -0.2) is 4.98 Å². The van der Waals surface area contributed by atoms with Crippen molar-refractivity contribution in [3.8, 4) is 5.75 Å². The summed E-state index contributed by atoms with van der Waals surface area (Å²) in [5.41, 5.74) is 3.78. The number of aromatic nitrogens is 2. The van der Waals surface area contributed by atoms with Gasteiger partial charge >= 0.3 is 0 Å². The maximum atomic E-state index is 12.5. The van der Waals surface area contributed by atoms with Crippen LogP contribution in [0.4, 0.5) is 5.69 Å². The molecule has 1 fully saturated rings. The van der Waals surface area contributed by atoms with Crippen molar-refractivity contribution < 1.29 is 9.53 Å². The Morgan fingerprint density at radius 2 is 2.04 bits per heavy atom. The lowest BCUT2D eigenvalue weighted by molar-refractivity contribution is -0.113. The molecule has 27 heavy (non-hydrogen) atoms. The van der Waals surface area contributed by atoms with Crippen molar-refractivity contribution in [2.75, 3.05) is 18.2 Å².